The summed E-state index contributed by atoms with van der Waals surface area (Å²) < 4.78 is 5.62. The van der Waals surface area contributed by atoms with E-state index in [9.17, 15) is 4.79 Å². The summed E-state index contributed by atoms with van der Waals surface area (Å²) in [4.78, 5) is 14.7. The second-order valence-electron chi connectivity index (χ2n) is 6.34. The smallest absolute Gasteiger partial charge is 0.176 e. The molecule has 3 nitrogen and oxygen atoms in total. The molecule has 2 aromatic rings. The monoisotopic (exact) mass is 309 g/mol. The molecular formula is C20H23NO2. The molecule has 0 amide bonds. The molecule has 1 heterocycles. The molecule has 1 aliphatic heterocycles. The average Bonchev–Trinajstić information content (AvgIpc) is 2.55. The topological polar surface area (TPSA) is 29.5 Å². The normalized spacial score (nSPS) is 14.6. The zero-order valence-electron chi connectivity index (χ0n) is 13.8. The van der Waals surface area contributed by atoms with Gasteiger partial charge in [0.05, 0.1) is 12.6 Å². The standard InChI is InChI=1S/C20H23NO2/c1-15(2)23-19-9-7-17(8-10-19)20(22)14-21-12-11-16-5-3-4-6-18(16)13-21/h3-10,15H,11-14H2,1-2H3. The van der Waals surface area contributed by atoms with Crippen LogP contribution in [0.2, 0.25) is 0 Å². The van der Waals surface area contributed by atoms with E-state index in [0.29, 0.717) is 6.54 Å². The van der Waals surface area contributed by atoms with Crippen LogP contribution in [0.25, 0.3) is 0 Å². The summed E-state index contributed by atoms with van der Waals surface area (Å²) in [6.07, 6.45) is 1.16. The van der Waals surface area contributed by atoms with Gasteiger partial charge in [-0.2, -0.15) is 0 Å². The first-order valence-electron chi connectivity index (χ1n) is 8.21. The van der Waals surface area contributed by atoms with Crippen LogP contribution in [0.4, 0.5) is 0 Å². The molecule has 0 aliphatic carbocycles. The zero-order valence-corrected chi connectivity index (χ0v) is 13.8. The summed E-state index contributed by atoms with van der Waals surface area (Å²) in [5, 5.41) is 0. The minimum atomic E-state index is 0.143. The van der Waals surface area contributed by atoms with Gasteiger partial charge >= 0.3 is 0 Å². The largest absolute Gasteiger partial charge is 0.491 e. The molecule has 0 spiro atoms. The van der Waals surface area contributed by atoms with Crippen LogP contribution in [0.3, 0.4) is 0 Å². The lowest BCUT2D eigenvalue weighted by molar-refractivity contribution is 0.0921. The highest BCUT2D eigenvalue weighted by atomic mass is 16.5. The van der Waals surface area contributed by atoms with E-state index in [0.717, 1.165) is 30.8 Å². The summed E-state index contributed by atoms with van der Waals surface area (Å²) in [6, 6.07) is 16.0. The number of ether oxygens (including phenoxy) is 1. The third kappa shape index (κ3) is 3.99. The van der Waals surface area contributed by atoms with Crippen molar-refractivity contribution >= 4 is 5.78 Å². The predicted octanol–water partition coefficient (Wildman–Crippen LogP) is 3.71. The second-order valence-corrected chi connectivity index (χ2v) is 6.34. The number of ketones is 1. The van der Waals surface area contributed by atoms with Crippen molar-refractivity contribution in [1.82, 2.24) is 4.90 Å². The number of nitrogens with zero attached hydrogens (tertiary/aromatic N) is 1. The Kier molecular flexibility index (Phi) is 4.77. The molecule has 0 N–H and O–H groups in total. The Balaban J connectivity index is 1.61. The Morgan fingerprint density at radius 3 is 2.48 bits per heavy atom. The van der Waals surface area contributed by atoms with Gasteiger partial charge in [-0.05, 0) is 55.7 Å². The molecule has 120 valence electrons. The average molecular weight is 309 g/mol. The number of fused-ring (bicyclic) bond motifs is 1. The van der Waals surface area contributed by atoms with Crippen molar-refractivity contribution in [3.8, 4) is 5.75 Å². The first-order valence-corrected chi connectivity index (χ1v) is 8.21. The quantitative estimate of drug-likeness (QED) is 0.789. The zero-order chi connectivity index (χ0) is 16.2. The molecule has 1 aliphatic rings. The van der Waals surface area contributed by atoms with Gasteiger partial charge in [0.15, 0.2) is 5.78 Å². The number of carbonyl (C=O) groups is 1. The van der Waals surface area contributed by atoms with Gasteiger partial charge in [0.2, 0.25) is 0 Å². The predicted molar refractivity (Wildman–Crippen MR) is 92.0 cm³/mol. The van der Waals surface area contributed by atoms with E-state index in [4.69, 9.17) is 4.74 Å². The fourth-order valence-electron chi connectivity index (χ4n) is 2.98. The lowest BCUT2D eigenvalue weighted by Gasteiger charge is -2.28. The summed E-state index contributed by atoms with van der Waals surface area (Å²) in [6.45, 7) is 6.26. The van der Waals surface area contributed by atoms with Crippen molar-refractivity contribution < 1.29 is 9.53 Å². The van der Waals surface area contributed by atoms with E-state index in [1.807, 2.05) is 38.1 Å². The number of hydrogen-bond donors (Lipinski definition) is 0. The van der Waals surface area contributed by atoms with Crippen LogP contribution in [0.15, 0.2) is 48.5 Å². The SMILES string of the molecule is CC(C)Oc1ccc(C(=O)CN2CCc3ccccc3C2)cc1. The van der Waals surface area contributed by atoms with E-state index in [-0.39, 0.29) is 11.9 Å². The number of rotatable bonds is 5. The number of benzene rings is 2. The number of Topliss-reactive ketones (excluding diaryl/α,β-unsaturated/α-hetero) is 1. The maximum Gasteiger partial charge on any atom is 0.176 e. The van der Waals surface area contributed by atoms with Crippen molar-refractivity contribution in [3.63, 3.8) is 0 Å². The molecule has 3 rings (SSSR count). The number of carbonyl (C=O) groups excluding carboxylic acids is 1. The van der Waals surface area contributed by atoms with E-state index in [1.54, 1.807) is 0 Å². The molecule has 0 aromatic heterocycles. The Bertz CT molecular complexity index is 676. The highest BCUT2D eigenvalue weighted by molar-refractivity contribution is 5.97. The highest BCUT2D eigenvalue weighted by Crippen LogP contribution is 2.19. The van der Waals surface area contributed by atoms with E-state index in [1.165, 1.54) is 11.1 Å². The van der Waals surface area contributed by atoms with Gasteiger partial charge in [-0.3, -0.25) is 9.69 Å². The first kappa shape index (κ1) is 15.8. The Labute approximate surface area is 137 Å². The molecule has 0 radical (unpaired) electrons. The second kappa shape index (κ2) is 6.97. The molecule has 3 heteroatoms. The maximum atomic E-state index is 12.5. The van der Waals surface area contributed by atoms with Gasteiger partial charge in [0.25, 0.3) is 0 Å². The van der Waals surface area contributed by atoms with Crippen LogP contribution in [0.5, 0.6) is 5.75 Å². The van der Waals surface area contributed by atoms with Crippen LogP contribution < -0.4 is 4.74 Å². The third-order valence-electron chi connectivity index (χ3n) is 4.12. The molecule has 0 atom stereocenters. The molecule has 2 aromatic carbocycles. The van der Waals surface area contributed by atoms with Crippen LogP contribution in [0, 0.1) is 0 Å². The van der Waals surface area contributed by atoms with Gasteiger partial charge in [0, 0.05) is 18.7 Å². The lowest BCUT2D eigenvalue weighted by Crippen LogP contribution is -2.34. The summed E-state index contributed by atoms with van der Waals surface area (Å²) in [7, 11) is 0. The van der Waals surface area contributed by atoms with Crippen molar-refractivity contribution in [2.24, 2.45) is 0 Å². The maximum absolute atomic E-state index is 12.5. The summed E-state index contributed by atoms with van der Waals surface area (Å²) in [5.74, 6) is 0.976. The summed E-state index contributed by atoms with van der Waals surface area (Å²) >= 11 is 0. The molecule has 0 unspecified atom stereocenters. The Morgan fingerprint density at radius 2 is 1.78 bits per heavy atom. The van der Waals surface area contributed by atoms with Gasteiger partial charge in [-0.1, -0.05) is 24.3 Å². The molecule has 0 bridgehead atoms. The third-order valence-corrected chi connectivity index (χ3v) is 4.12. The van der Waals surface area contributed by atoms with Gasteiger partial charge in [-0.15, -0.1) is 0 Å². The van der Waals surface area contributed by atoms with Crippen molar-refractivity contribution in [1.29, 1.82) is 0 Å². The molecule has 0 saturated heterocycles. The minimum Gasteiger partial charge on any atom is -0.491 e. The Morgan fingerprint density at radius 1 is 1.09 bits per heavy atom. The van der Waals surface area contributed by atoms with Crippen LogP contribution in [0.1, 0.15) is 35.3 Å². The molecule has 23 heavy (non-hydrogen) atoms. The Hall–Kier alpha value is -2.13. The van der Waals surface area contributed by atoms with Gasteiger partial charge in [0.1, 0.15) is 5.75 Å². The van der Waals surface area contributed by atoms with Crippen LogP contribution >= 0.6 is 0 Å². The lowest BCUT2D eigenvalue weighted by atomic mass is 9.99. The van der Waals surface area contributed by atoms with Gasteiger partial charge < -0.3 is 4.74 Å². The van der Waals surface area contributed by atoms with E-state index < -0.39 is 0 Å². The summed E-state index contributed by atoms with van der Waals surface area (Å²) in [5.41, 5.74) is 3.50. The van der Waals surface area contributed by atoms with E-state index in [2.05, 4.69) is 29.2 Å². The fourth-order valence-corrected chi connectivity index (χ4v) is 2.98. The van der Waals surface area contributed by atoms with Crippen LogP contribution in [-0.4, -0.2) is 29.9 Å². The van der Waals surface area contributed by atoms with Gasteiger partial charge in [-0.25, -0.2) is 0 Å². The first-order chi connectivity index (χ1) is 11.1. The molecule has 0 saturated carbocycles. The minimum absolute atomic E-state index is 0.143. The molecule has 0 fully saturated rings. The molecular weight excluding hydrogens is 286 g/mol. The van der Waals surface area contributed by atoms with Crippen molar-refractivity contribution in [3.05, 3.63) is 65.2 Å². The fraction of sp³-hybridized carbons (Fsp3) is 0.350. The van der Waals surface area contributed by atoms with Crippen molar-refractivity contribution in [2.75, 3.05) is 13.1 Å². The van der Waals surface area contributed by atoms with Crippen LogP contribution in [-0.2, 0) is 13.0 Å². The van der Waals surface area contributed by atoms with Crippen molar-refractivity contribution in [2.45, 2.75) is 32.9 Å². The van der Waals surface area contributed by atoms with E-state index >= 15 is 0 Å². The number of hydrogen-bond acceptors (Lipinski definition) is 3. The highest BCUT2D eigenvalue weighted by Gasteiger charge is 2.18.